The molecule has 0 bridgehead atoms. The van der Waals surface area contributed by atoms with Crippen molar-refractivity contribution in [3.63, 3.8) is 0 Å². The molecule has 1 atom stereocenters. The number of amides is 2. The summed E-state index contributed by atoms with van der Waals surface area (Å²) in [6.45, 7) is 0.814. The van der Waals surface area contributed by atoms with Gasteiger partial charge in [-0.3, -0.25) is 0 Å². The second kappa shape index (κ2) is 8.24. The third kappa shape index (κ3) is 4.54. The first-order valence-electron chi connectivity index (χ1n) is 8.80. The molecule has 0 saturated heterocycles. The molecule has 6 nitrogen and oxygen atoms in total. The summed E-state index contributed by atoms with van der Waals surface area (Å²) in [6, 6.07) is 5.03. The highest BCUT2D eigenvalue weighted by molar-refractivity contribution is 5.89. The van der Waals surface area contributed by atoms with E-state index in [0.29, 0.717) is 29.6 Å². The zero-order valence-electron chi connectivity index (χ0n) is 13.9. The molecule has 1 heterocycles. The molecular formula is C18H26N2O4. The van der Waals surface area contributed by atoms with Gasteiger partial charge in [-0.2, -0.15) is 0 Å². The van der Waals surface area contributed by atoms with Gasteiger partial charge in [0.25, 0.3) is 0 Å². The lowest BCUT2D eigenvalue weighted by Gasteiger charge is -2.25. The Morgan fingerprint density at radius 3 is 2.79 bits per heavy atom. The van der Waals surface area contributed by atoms with E-state index < -0.39 is 0 Å². The molecule has 3 rings (SSSR count). The van der Waals surface area contributed by atoms with Gasteiger partial charge in [-0.1, -0.05) is 32.1 Å². The van der Waals surface area contributed by atoms with E-state index in [-0.39, 0.29) is 25.3 Å². The highest BCUT2D eigenvalue weighted by atomic mass is 16.7. The van der Waals surface area contributed by atoms with Crippen LogP contribution in [0.3, 0.4) is 0 Å². The predicted molar refractivity (Wildman–Crippen MR) is 91.4 cm³/mol. The van der Waals surface area contributed by atoms with E-state index in [0.717, 1.165) is 6.42 Å². The second-order valence-corrected chi connectivity index (χ2v) is 6.69. The van der Waals surface area contributed by atoms with Gasteiger partial charge in [0.15, 0.2) is 11.5 Å². The van der Waals surface area contributed by atoms with Crippen molar-refractivity contribution in [1.29, 1.82) is 0 Å². The van der Waals surface area contributed by atoms with Crippen LogP contribution in [-0.2, 0) is 0 Å². The van der Waals surface area contributed by atoms with Crippen LogP contribution in [-0.4, -0.2) is 31.1 Å². The van der Waals surface area contributed by atoms with Gasteiger partial charge >= 0.3 is 6.03 Å². The lowest BCUT2D eigenvalue weighted by molar-refractivity contribution is 0.174. The summed E-state index contributed by atoms with van der Waals surface area (Å²) in [6.07, 6.45) is 7.40. The van der Waals surface area contributed by atoms with E-state index in [1.54, 1.807) is 18.2 Å². The maximum absolute atomic E-state index is 12.0. The average Bonchev–Trinajstić information content (AvgIpc) is 3.07. The van der Waals surface area contributed by atoms with Crippen molar-refractivity contribution in [1.82, 2.24) is 5.32 Å². The highest BCUT2D eigenvalue weighted by Crippen LogP contribution is 2.34. The zero-order valence-corrected chi connectivity index (χ0v) is 13.9. The number of anilines is 1. The molecule has 132 valence electrons. The molecule has 1 unspecified atom stereocenters. The maximum Gasteiger partial charge on any atom is 0.319 e. The van der Waals surface area contributed by atoms with Gasteiger partial charge in [-0.05, 0) is 30.4 Å². The van der Waals surface area contributed by atoms with Crippen molar-refractivity contribution < 1.29 is 19.4 Å². The first-order valence-corrected chi connectivity index (χ1v) is 8.80. The number of aliphatic hydroxyl groups is 1. The number of urea groups is 1. The number of ether oxygens (including phenoxy) is 2. The van der Waals surface area contributed by atoms with E-state index in [1.807, 2.05) is 0 Å². The predicted octanol–water partition coefficient (Wildman–Crippen LogP) is 3.12. The van der Waals surface area contributed by atoms with Crippen molar-refractivity contribution in [3.05, 3.63) is 18.2 Å². The number of benzene rings is 1. The maximum atomic E-state index is 12.0. The highest BCUT2D eigenvalue weighted by Gasteiger charge is 2.19. The second-order valence-electron chi connectivity index (χ2n) is 6.69. The quantitative estimate of drug-likeness (QED) is 0.747. The van der Waals surface area contributed by atoms with E-state index in [4.69, 9.17) is 9.47 Å². The van der Waals surface area contributed by atoms with Crippen LogP contribution in [0.25, 0.3) is 0 Å². The number of rotatable bonds is 6. The first kappa shape index (κ1) is 16.9. The zero-order chi connectivity index (χ0) is 16.8. The summed E-state index contributed by atoms with van der Waals surface area (Å²) in [5, 5.41) is 15.2. The molecule has 0 spiro atoms. The molecule has 1 aliphatic heterocycles. The third-order valence-electron chi connectivity index (χ3n) is 4.83. The van der Waals surface area contributed by atoms with Crippen LogP contribution in [0.1, 0.15) is 38.5 Å². The van der Waals surface area contributed by atoms with E-state index in [2.05, 4.69) is 10.6 Å². The standard InChI is InChI=1S/C18H26N2O4/c21-11-14(8-13-4-2-1-3-5-13)10-19-18(22)20-15-6-7-16-17(9-15)24-12-23-16/h6-7,9,13-14,21H,1-5,8,10-12H2,(H2,19,20,22). The van der Waals surface area contributed by atoms with E-state index >= 15 is 0 Å². The van der Waals surface area contributed by atoms with E-state index in [1.165, 1.54) is 32.1 Å². The van der Waals surface area contributed by atoms with Gasteiger partial charge < -0.3 is 25.2 Å². The Morgan fingerprint density at radius 1 is 1.21 bits per heavy atom. The smallest absolute Gasteiger partial charge is 0.319 e. The van der Waals surface area contributed by atoms with Crippen LogP contribution in [0.2, 0.25) is 0 Å². The largest absolute Gasteiger partial charge is 0.454 e. The Kier molecular flexibility index (Phi) is 5.80. The molecule has 1 aromatic rings. The van der Waals surface area contributed by atoms with Crippen molar-refractivity contribution in [2.75, 3.05) is 25.3 Å². The minimum atomic E-state index is -0.268. The molecule has 2 amide bonds. The van der Waals surface area contributed by atoms with Crippen LogP contribution < -0.4 is 20.1 Å². The van der Waals surface area contributed by atoms with Crippen LogP contribution in [0.5, 0.6) is 11.5 Å². The van der Waals surface area contributed by atoms with Crippen LogP contribution in [0, 0.1) is 11.8 Å². The molecule has 2 aliphatic rings. The number of hydrogen-bond donors (Lipinski definition) is 3. The molecule has 6 heteroatoms. The minimum absolute atomic E-state index is 0.112. The van der Waals surface area contributed by atoms with E-state index in [9.17, 15) is 9.90 Å². The fourth-order valence-electron chi connectivity index (χ4n) is 3.50. The summed E-state index contributed by atoms with van der Waals surface area (Å²) in [7, 11) is 0. The van der Waals surface area contributed by atoms with Gasteiger partial charge in [0.1, 0.15) is 0 Å². The number of nitrogens with one attached hydrogen (secondary N) is 2. The lowest BCUT2D eigenvalue weighted by Crippen LogP contribution is -2.35. The van der Waals surface area contributed by atoms with Crippen LogP contribution in [0.4, 0.5) is 10.5 Å². The summed E-state index contributed by atoms with van der Waals surface area (Å²) < 4.78 is 10.5. The van der Waals surface area contributed by atoms with Crippen molar-refractivity contribution in [2.45, 2.75) is 38.5 Å². The van der Waals surface area contributed by atoms with Gasteiger partial charge in [0.05, 0.1) is 0 Å². The monoisotopic (exact) mass is 334 g/mol. The Hall–Kier alpha value is -1.95. The number of hydrogen-bond acceptors (Lipinski definition) is 4. The minimum Gasteiger partial charge on any atom is -0.454 e. The first-order chi connectivity index (χ1) is 11.7. The Balaban J connectivity index is 1.43. The summed E-state index contributed by atoms with van der Waals surface area (Å²) >= 11 is 0. The third-order valence-corrected chi connectivity index (χ3v) is 4.83. The Labute approximate surface area is 142 Å². The van der Waals surface area contributed by atoms with Crippen LogP contribution >= 0.6 is 0 Å². The molecule has 3 N–H and O–H groups in total. The van der Waals surface area contributed by atoms with Gasteiger partial charge in [0.2, 0.25) is 6.79 Å². The lowest BCUT2D eigenvalue weighted by atomic mass is 9.83. The Bertz CT molecular complexity index is 558. The molecule has 0 aromatic heterocycles. The number of aliphatic hydroxyl groups excluding tert-OH is 1. The van der Waals surface area contributed by atoms with Gasteiger partial charge in [-0.15, -0.1) is 0 Å². The summed E-state index contributed by atoms with van der Waals surface area (Å²) in [4.78, 5) is 12.0. The summed E-state index contributed by atoms with van der Waals surface area (Å²) in [5.41, 5.74) is 0.657. The van der Waals surface area contributed by atoms with Crippen molar-refractivity contribution >= 4 is 11.7 Å². The number of carbonyl (C=O) groups is 1. The molecule has 1 aromatic carbocycles. The Morgan fingerprint density at radius 2 is 2.00 bits per heavy atom. The number of fused-ring (bicyclic) bond motifs is 1. The molecular weight excluding hydrogens is 308 g/mol. The molecule has 1 saturated carbocycles. The normalized spacial score (nSPS) is 18.2. The SMILES string of the molecule is O=C(NCC(CO)CC1CCCCC1)Nc1ccc2c(c1)OCO2. The molecule has 0 radical (unpaired) electrons. The molecule has 1 fully saturated rings. The van der Waals surface area contributed by atoms with Crippen molar-refractivity contribution in [3.8, 4) is 11.5 Å². The fourth-order valence-corrected chi connectivity index (χ4v) is 3.50. The summed E-state index contributed by atoms with van der Waals surface area (Å²) in [5.74, 6) is 2.14. The number of carbonyl (C=O) groups excluding carboxylic acids is 1. The topological polar surface area (TPSA) is 79.8 Å². The van der Waals surface area contributed by atoms with Crippen molar-refractivity contribution in [2.24, 2.45) is 11.8 Å². The van der Waals surface area contributed by atoms with Gasteiger partial charge in [0, 0.05) is 24.9 Å². The van der Waals surface area contributed by atoms with Gasteiger partial charge in [-0.25, -0.2) is 4.79 Å². The average molecular weight is 334 g/mol. The molecule has 24 heavy (non-hydrogen) atoms. The fraction of sp³-hybridized carbons (Fsp3) is 0.611. The van der Waals surface area contributed by atoms with Crippen LogP contribution in [0.15, 0.2) is 18.2 Å². The molecule has 1 aliphatic carbocycles.